The molecule has 1 fully saturated rings. The van der Waals surface area contributed by atoms with Crippen molar-refractivity contribution in [2.45, 2.75) is 65.8 Å². The molecule has 2 atom stereocenters. The summed E-state index contributed by atoms with van der Waals surface area (Å²) in [5.74, 6) is 1.52. The molecule has 0 spiro atoms. The van der Waals surface area contributed by atoms with Gasteiger partial charge in [0, 0.05) is 28.9 Å². The fourth-order valence-corrected chi connectivity index (χ4v) is 6.84. The number of hydrogen-bond donors (Lipinski definition) is 2. The second-order valence-electron chi connectivity index (χ2n) is 13.1. The van der Waals surface area contributed by atoms with Gasteiger partial charge in [0.05, 0.1) is 25.1 Å². The van der Waals surface area contributed by atoms with Crippen molar-refractivity contribution >= 4 is 38.7 Å². The molecule has 1 saturated carbocycles. The lowest BCUT2D eigenvalue weighted by atomic mass is 9.79. The summed E-state index contributed by atoms with van der Waals surface area (Å²) in [5, 5.41) is 15.0. The number of amides is 2. The molecule has 1 aromatic carbocycles. The molecule has 248 valence electrons. The first kappa shape index (κ1) is 35.1. The minimum Gasteiger partial charge on any atom is -0.617 e. The molecule has 10 nitrogen and oxygen atoms in total. The van der Waals surface area contributed by atoms with E-state index in [-0.39, 0.29) is 17.7 Å². The third-order valence-corrected chi connectivity index (χ3v) is 10.7. The lowest BCUT2D eigenvalue weighted by Gasteiger charge is -2.32. The highest BCUT2D eigenvalue weighted by atomic mass is 32.3. The Morgan fingerprint density at radius 2 is 1.78 bits per heavy atom. The number of ether oxygens (including phenoxy) is 1. The Balaban J connectivity index is 1.45. The van der Waals surface area contributed by atoms with E-state index < -0.39 is 27.2 Å². The second-order valence-corrected chi connectivity index (χ2v) is 19.3. The van der Waals surface area contributed by atoms with Crippen molar-refractivity contribution in [3.63, 3.8) is 0 Å². The van der Waals surface area contributed by atoms with Crippen molar-refractivity contribution in [1.29, 1.82) is 0 Å². The molecule has 2 N–H and O–H groups in total. The van der Waals surface area contributed by atoms with Gasteiger partial charge in [0.1, 0.15) is 24.2 Å². The zero-order valence-electron chi connectivity index (χ0n) is 27.8. The largest absolute Gasteiger partial charge is 0.617 e. The Morgan fingerprint density at radius 3 is 2.42 bits per heavy atom. The summed E-state index contributed by atoms with van der Waals surface area (Å²) < 4.78 is 21.0. The van der Waals surface area contributed by atoms with Crippen LogP contribution in [0.2, 0.25) is 0 Å². The highest BCUT2D eigenvalue weighted by molar-refractivity contribution is 8.32. The van der Waals surface area contributed by atoms with E-state index in [2.05, 4.69) is 48.3 Å². The van der Waals surface area contributed by atoms with Crippen LogP contribution in [-0.2, 0) is 34.0 Å². The van der Waals surface area contributed by atoms with Gasteiger partial charge in [0.15, 0.2) is 0 Å². The molecule has 45 heavy (non-hydrogen) atoms. The number of carbonyl (C=O) groups excluding carboxylic acids is 2. The Bertz CT molecular complexity index is 1420. The van der Waals surface area contributed by atoms with Gasteiger partial charge in [-0.3, -0.25) is 14.3 Å². The molecular formula is C33H50N6O4S2. The van der Waals surface area contributed by atoms with Crippen LogP contribution >= 0.6 is 10.0 Å². The zero-order chi connectivity index (χ0) is 32.7. The second kappa shape index (κ2) is 15.7. The lowest BCUT2D eigenvalue weighted by molar-refractivity contribution is -0.119. The topological polar surface area (TPSA) is 126 Å². The summed E-state index contributed by atoms with van der Waals surface area (Å²) in [7, 11) is -0.603. The first-order valence-electron chi connectivity index (χ1n) is 15.6. The minimum atomic E-state index is -1.01. The average Bonchev–Trinajstić information content (AvgIpc) is 3.57. The molecule has 1 aliphatic carbocycles. The third kappa shape index (κ3) is 9.84. The number of nitrogens with one attached hydrogen (secondary N) is 2. The Kier molecular flexibility index (Phi) is 12.2. The van der Waals surface area contributed by atoms with E-state index in [1.165, 1.54) is 0 Å². The summed E-state index contributed by atoms with van der Waals surface area (Å²) in [6, 6.07) is 8.73. The molecule has 2 unspecified atom stereocenters. The van der Waals surface area contributed by atoms with Gasteiger partial charge in [-0.05, 0) is 81.1 Å². The van der Waals surface area contributed by atoms with Crippen LogP contribution in [0.4, 0.5) is 5.69 Å². The van der Waals surface area contributed by atoms with Crippen molar-refractivity contribution in [2.75, 3.05) is 48.5 Å². The van der Waals surface area contributed by atoms with Crippen LogP contribution in [0.15, 0.2) is 36.5 Å². The first-order chi connectivity index (χ1) is 21.3. The molecule has 0 bridgehead atoms. The summed E-state index contributed by atoms with van der Waals surface area (Å²) in [5.41, 5.74) is 5.06. The van der Waals surface area contributed by atoms with E-state index in [1.807, 2.05) is 35.9 Å². The van der Waals surface area contributed by atoms with Crippen LogP contribution in [-0.4, -0.2) is 85.1 Å². The third-order valence-electron chi connectivity index (χ3n) is 8.52. The number of anilines is 1. The van der Waals surface area contributed by atoms with E-state index in [4.69, 9.17) is 9.84 Å². The number of nitrogens with zero attached hydrogens (tertiary/aromatic N) is 4. The Hall–Kier alpha value is -2.80. The van der Waals surface area contributed by atoms with Crippen molar-refractivity contribution in [3.8, 4) is 11.1 Å². The van der Waals surface area contributed by atoms with Crippen LogP contribution in [0.3, 0.4) is 0 Å². The first-order valence-corrected chi connectivity index (χ1v) is 20.4. The molecule has 12 heteroatoms. The lowest BCUT2D eigenvalue weighted by Crippen LogP contribution is -2.49. The van der Waals surface area contributed by atoms with Crippen molar-refractivity contribution in [2.24, 2.45) is 11.8 Å². The highest BCUT2D eigenvalue weighted by Gasteiger charge is 2.33. The fraction of sp³-hybridized carbons (Fsp3) is 0.576. The van der Waals surface area contributed by atoms with Gasteiger partial charge in [-0.2, -0.15) is 10.2 Å². The molecule has 2 heterocycles. The molecule has 3 aromatic rings. The van der Waals surface area contributed by atoms with E-state index in [0.29, 0.717) is 42.9 Å². The van der Waals surface area contributed by atoms with Gasteiger partial charge in [-0.25, -0.2) is 14.7 Å². The maximum atomic E-state index is 13.7. The van der Waals surface area contributed by atoms with Crippen LogP contribution < -0.4 is 10.6 Å². The normalized spacial score (nSPS) is 18.8. The maximum Gasteiger partial charge on any atom is 0.270 e. The van der Waals surface area contributed by atoms with Crippen LogP contribution in [0.1, 0.15) is 54.5 Å². The van der Waals surface area contributed by atoms with Gasteiger partial charge in [-0.1, -0.05) is 43.1 Å². The SMILES string of the molecule is Cc1nn(COCCS(C)(C)C)c(C)c1-c1ccc(NC(=O)C(NC(=O)c2ccnn2CC[S+](C)[O-])[C@H]2CC[C@H](C)CC2)cc1. The zero-order valence-corrected chi connectivity index (χ0v) is 29.4. The molecule has 0 radical (unpaired) electrons. The summed E-state index contributed by atoms with van der Waals surface area (Å²) in [4.78, 5) is 27.1. The van der Waals surface area contributed by atoms with E-state index in [9.17, 15) is 14.1 Å². The monoisotopic (exact) mass is 658 g/mol. The van der Waals surface area contributed by atoms with Gasteiger partial charge in [-0.15, -0.1) is 0 Å². The number of aryl methyl sites for hydroxylation is 2. The summed E-state index contributed by atoms with van der Waals surface area (Å²) >= 11 is -1.01. The summed E-state index contributed by atoms with van der Waals surface area (Å²) in [6.07, 6.45) is 13.8. The number of carbonyl (C=O) groups is 2. The van der Waals surface area contributed by atoms with Crippen LogP contribution in [0.5, 0.6) is 0 Å². The molecule has 2 aromatic heterocycles. The summed E-state index contributed by atoms with van der Waals surface area (Å²) in [6.45, 7) is 7.78. The molecule has 4 rings (SSSR count). The Labute approximate surface area is 272 Å². The maximum absolute atomic E-state index is 13.7. The fourth-order valence-electron chi connectivity index (χ4n) is 5.79. The molecular weight excluding hydrogens is 609 g/mol. The number of rotatable bonds is 14. The van der Waals surface area contributed by atoms with E-state index in [1.54, 1.807) is 23.2 Å². The van der Waals surface area contributed by atoms with Gasteiger partial charge < -0.3 is 19.9 Å². The molecule has 0 aliphatic heterocycles. The highest BCUT2D eigenvalue weighted by Crippen LogP contribution is 2.34. The standard InChI is InChI=1S/C33H50N6O4S2/c1-23-8-10-27(11-9-23)31(36-32(40)29-16-17-34-38(29)18-20-44(4)42)33(41)35-28-14-12-26(13-15-28)30-24(2)37-39(25(30)3)22-43-19-21-45(5,6)7/h12-17,23,27,31H,8-11,18-22H2,1-7H3,(H,35,41)(H,36,40)/t23-,27-,31?,44?. The van der Waals surface area contributed by atoms with Gasteiger partial charge >= 0.3 is 0 Å². The average molecular weight is 659 g/mol. The van der Waals surface area contributed by atoms with Crippen LogP contribution in [0, 0.1) is 25.7 Å². The van der Waals surface area contributed by atoms with Gasteiger partial charge in [0.2, 0.25) is 5.91 Å². The van der Waals surface area contributed by atoms with Gasteiger partial charge in [0.25, 0.3) is 5.91 Å². The van der Waals surface area contributed by atoms with E-state index >= 15 is 0 Å². The van der Waals surface area contributed by atoms with Crippen molar-refractivity contribution in [1.82, 2.24) is 24.9 Å². The number of aromatic nitrogens is 4. The minimum absolute atomic E-state index is 0.0344. The smallest absolute Gasteiger partial charge is 0.270 e. The number of hydrogen-bond acceptors (Lipinski definition) is 6. The molecule has 2 amide bonds. The quantitative estimate of drug-likeness (QED) is 0.186. The van der Waals surface area contributed by atoms with Crippen molar-refractivity contribution < 1.29 is 18.9 Å². The van der Waals surface area contributed by atoms with E-state index in [0.717, 1.165) is 54.0 Å². The molecule has 1 aliphatic rings. The van der Waals surface area contributed by atoms with Crippen molar-refractivity contribution in [3.05, 3.63) is 53.6 Å². The van der Waals surface area contributed by atoms with Crippen LogP contribution in [0.25, 0.3) is 11.1 Å². The Morgan fingerprint density at radius 1 is 1.09 bits per heavy atom. The predicted molar refractivity (Wildman–Crippen MR) is 185 cm³/mol. The number of benzene rings is 1. The predicted octanol–water partition coefficient (Wildman–Crippen LogP) is 4.97. The molecule has 0 saturated heterocycles.